The lowest BCUT2D eigenvalue weighted by Gasteiger charge is -2.32. The summed E-state index contributed by atoms with van der Waals surface area (Å²) in [5.74, 6) is -1.42. The van der Waals surface area contributed by atoms with E-state index in [-0.39, 0.29) is 18.2 Å². The van der Waals surface area contributed by atoms with Crippen LogP contribution in [-0.2, 0) is 18.9 Å². The van der Waals surface area contributed by atoms with Crippen molar-refractivity contribution in [1.82, 2.24) is 15.5 Å². The van der Waals surface area contributed by atoms with Gasteiger partial charge in [0, 0.05) is 16.3 Å². The van der Waals surface area contributed by atoms with E-state index in [0.29, 0.717) is 30.9 Å². The molecule has 0 aromatic heterocycles. The molecule has 2 aromatic rings. The Morgan fingerprint density at radius 1 is 0.933 bits per heavy atom. The zero-order valence-corrected chi connectivity index (χ0v) is 29.9. The largest absolute Gasteiger partial charge is 0.452 e. The highest BCUT2D eigenvalue weighted by Crippen LogP contribution is 2.53. The first-order valence-corrected chi connectivity index (χ1v) is 19.1. The van der Waals surface area contributed by atoms with E-state index in [1.165, 1.54) is 4.90 Å². The monoisotopic (exact) mass is 679 g/mol. The summed E-state index contributed by atoms with van der Waals surface area (Å²) in [6.07, 6.45) is 4.48. The van der Waals surface area contributed by atoms with Crippen molar-refractivity contribution in [3.05, 3.63) is 48.5 Å². The van der Waals surface area contributed by atoms with Gasteiger partial charge in [0.1, 0.15) is 29.2 Å². The number of nitrogens with zero attached hydrogens (tertiary/aromatic N) is 1. The molecule has 248 valence electrons. The van der Waals surface area contributed by atoms with E-state index >= 15 is 0 Å². The van der Waals surface area contributed by atoms with Gasteiger partial charge in [0.2, 0.25) is 11.8 Å². The SMILES string of the molecule is CCC(NC(=O)[C@@H]1CCCN1C(=O)[C@@H](NC(=O)OC(C)(C)C)C(C)C)P(=O)(Oc1ccc(SC)cc1)Oc1ccc(SC)cc1. The number of alkyl carbamates (subject to hydrolysis) is 1. The number of amides is 3. The number of hydrogen-bond acceptors (Lipinski definition) is 9. The molecule has 0 saturated carbocycles. The number of rotatable bonds is 13. The molecule has 0 radical (unpaired) electrons. The Bertz CT molecular complexity index is 1300. The fourth-order valence-electron chi connectivity index (χ4n) is 4.81. The Morgan fingerprint density at radius 2 is 1.44 bits per heavy atom. The maximum absolute atomic E-state index is 14.6. The summed E-state index contributed by atoms with van der Waals surface area (Å²) in [7, 11) is -4.05. The lowest BCUT2D eigenvalue weighted by molar-refractivity contribution is -0.141. The van der Waals surface area contributed by atoms with Gasteiger partial charge in [-0.3, -0.25) is 9.59 Å². The Balaban J connectivity index is 1.84. The second-order valence-corrected chi connectivity index (χ2v) is 15.9. The standard InChI is InChI=1S/C32H46N3O7PS2/c1-9-27(43(39,41-22-12-16-24(44-7)17-13-22)42-23-14-18-25(45-8)19-15-23)33-29(36)26-11-10-20-35(26)30(37)28(21(2)3)34-31(38)40-32(4,5)6/h12-19,21,26-28H,9-11,20H2,1-8H3,(H,33,36)(H,34,38)/t26-,27?,28-/m0/s1. The molecule has 0 spiro atoms. The summed E-state index contributed by atoms with van der Waals surface area (Å²) < 4.78 is 32.1. The zero-order chi connectivity index (χ0) is 33.4. The molecule has 1 saturated heterocycles. The van der Waals surface area contributed by atoms with Gasteiger partial charge in [0.05, 0.1) is 0 Å². The van der Waals surface area contributed by atoms with Crippen molar-refractivity contribution >= 4 is 49.0 Å². The molecule has 10 nitrogen and oxygen atoms in total. The molecule has 3 rings (SSSR count). The number of hydrogen-bond donors (Lipinski definition) is 2. The summed E-state index contributed by atoms with van der Waals surface area (Å²) >= 11 is 3.14. The van der Waals surface area contributed by atoms with Gasteiger partial charge >= 0.3 is 13.7 Å². The molecule has 13 heteroatoms. The summed E-state index contributed by atoms with van der Waals surface area (Å²) in [6.45, 7) is 11.0. The molecule has 3 amide bonds. The number of carbonyl (C=O) groups excluding carboxylic acids is 3. The molecule has 1 aliphatic heterocycles. The van der Waals surface area contributed by atoms with Crippen LogP contribution in [0.2, 0.25) is 0 Å². The molecular weight excluding hydrogens is 633 g/mol. The van der Waals surface area contributed by atoms with Crippen LogP contribution in [0.15, 0.2) is 58.3 Å². The normalized spacial score (nSPS) is 16.6. The lowest BCUT2D eigenvalue weighted by atomic mass is 10.0. The minimum atomic E-state index is -4.05. The van der Waals surface area contributed by atoms with Crippen molar-refractivity contribution in [3.8, 4) is 11.5 Å². The van der Waals surface area contributed by atoms with Gasteiger partial charge in [-0.1, -0.05) is 20.8 Å². The van der Waals surface area contributed by atoms with Crippen LogP contribution < -0.4 is 19.7 Å². The van der Waals surface area contributed by atoms with Crippen LogP contribution in [0.25, 0.3) is 0 Å². The van der Waals surface area contributed by atoms with Crippen molar-refractivity contribution in [3.63, 3.8) is 0 Å². The predicted molar refractivity (Wildman–Crippen MR) is 180 cm³/mol. The first-order valence-electron chi connectivity index (χ1n) is 15.1. The number of benzene rings is 2. The number of nitrogens with one attached hydrogen (secondary N) is 2. The lowest BCUT2D eigenvalue weighted by Crippen LogP contribution is -2.56. The highest BCUT2D eigenvalue weighted by molar-refractivity contribution is 7.98. The molecule has 45 heavy (non-hydrogen) atoms. The Kier molecular flexibility index (Phi) is 13.1. The Morgan fingerprint density at radius 3 is 1.87 bits per heavy atom. The molecule has 0 bridgehead atoms. The third-order valence-electron chi connectivity index (χ3n) is 7.10. The number of ether oxygens (including phenoxy) is 1. The van der Waals surface area contributed by atoms with E-state index in [4.69, 9.17) is 13.8 Å². The van der Waals surface area contributed by atoms with Gasteiger partial charge < -0.3 is 29.3 Å². The zero-order valence-electron chi connectivity index (χ0n) is 27.3. The van der Waals surface area contributed by atoms with Gasteiger partial charge in [-0.25, -0.2) is 9.36 Å². The van der Waals surface area contributed by atoms with Crippen LogP contribution in [0.4, 0.5) is 4.79 Å². The molecule has 1 fully saturated rings. The third-order valence-corrected chi connectivity index (χ3v) is 10.8. The number of thioether (sulfide) groups is 2. The van der Waals surface area contributed by atoms with E-state index in [2.05, 4.69) is 10.6 Å². The molecular formula is C32H46N3O7PS2. The van der Waals surface area contributed by atoms with Crippen LogP contribution in [0.3, 0.4) is 0 Å². The van der Waals surface area contributed by atoms with Crippen molar-refractivity contribution in [2.45, 2.75) is 94.1 Å². The summed E-state index contributed by atoms with van der Waals surface area (Å²) in [5, 5.41) is 5.58. The first kappa shape index (κ1) is 36.6. The van der Waals surface area contributed by atoms with Crippen LogP contribution in [-0.4, -0.2) is 65.3 Å². The molecule has 1 aliphatic rings. The van der Waals surface area contributed by atoms with E-state index in [1.807, 2.05) is 50.6 Å². The fraction of sp³-hybridized carbons (Fsp3) is 0.531. The highest BCUT2D eigenvalue weighted by Gasteiger charge is 2.44. The van der Waals surface area contributed by atoms with E-state index < -0.39 is 43.1 Å². The minimum Gasteiger partial charge on any atom is -0.444 e. The fourth-order valence-corrected chi connectivity index (χ4v) is 7.48. The van der Waals surface area contributed by atoms with Crippen molar-refractivity contribution in [2.75, 3.05) is 19.1 Å². The van der Waals surface area contributed by atoms with E-state index in [0.717, 1.165) is 9.79 Å². The average molecular weight is 680 g/mol. The molecule has 1 unspecified atom stereocenters. The topological polar surface area (TPSA) is 123 Å². The van der Waals surface area contributed by atoms with Crippen molar-refractivity contribution in [1.29, 1.82) is 0 Å². The van der Waals surface area contributed by atoms with Gasteiger partial charge in [-0.15, -0.1) is 23.5 Å². The maximum atomic E-state index is 14.6. The smallest absolute Gasteiger partial charge is 0.444 e. The number of carbonyl (C=O) groups is 3. The molecule has 2 N–H and O–H groups in total. The van der Waals surface area contributed by atoms with Gasteiger partial charge in [0.15, 0.2) is 5.78 Å². The van der Waals surface area contributed by atoms with Crippen LogP contribution >= 0.6 is 31.1 Å². The highest BCUT2D eigenvalue weighted by atomic mass is 32.2. The quantitative estimate of drug-likeness (QED) is 0.168. The summed E-state index contributed by atoms with van der Waals surface area (Å²) in [4.78, 5) is 43.5. The summed E-state index contributed by atoms with van der Waals surface area (Å²) in [5.41, 5.74) is -0.730. The number of likely N-dealkylation sites (tertiary alicyclic amines) is 1. The average Bonchev–Trinajstić information content (AvgIpc) is 3.48. The van der Waals surface area contributed by atoms with Gasteiger partial charge in [0.25, 0.3) is 0 Å². The van der Waals surface area contributed by atoms with E-state index in [1.54, 1.807) is 75.5 Å². The van der Waals surface area contributed by atoms with Gasteiger partial charge in [-0.2, -0.15) is 0 Å². The molecule has 1 heterocycles. The second kappa shape index (κ2) is 16.1. The second-order valence-electron chi connectivity index (χ2n) is 12.1. The Labute approximate surface area is 275 Å². The molecule has 2 aromatic carbocycles. The van der Waals surface area contributed by atoms with Gasteiger partial charge in [-0.05, 0) is 107 Å². The first-order chi connectivity index (χ1) is 21.2. The van der Waals surface area contributed by atoms with E-state index in [9.17, 15) is 18.9 Å². The molecule has 0 aliphatic carbocycles. The molecule has 3 atom stereocenters. The van der Waals surface area contributed by atoms with Crippen LogP contribution in [0.5, 0.6) is 11.5 Å². The maximum Gasteiger partial charge on any atom is 0.452 e. The van der Waals surface area contributed by atoms with Crippen LogP contribution in [0.1, 0.15) is 60.8 Å². The van der Waals surface area contributed by atoms with Crippen molar-refractivity contribution in [2.24, 2.45) is 5.92 Å². The predicted octanol–water partition coefficient (Wildman–Crippen LogP) is 7.17. The summed E-state index contributed by atoms with van der Waals surface area (Å²) in [6, 6.07) is 12.6. The third kappa shape index (κ3) is 10.3. The minimum absolute atomic E-state index is 0.240. The Hall–Kier alpha value is -2.82. The van der Waals surface area contributed by atoms with Crippen LogP contribution in [0, 0.1) is 5.92 Å². The van der Waals surface area contributed by atoms with Crippen molar-refractivity contribution < 1.29 is 32.7 Å².